The molecular weight excluding hydrogens is 347 g/mol. The minimum Gasteiger partial charge on any atom is -0.337 e. The van der Waals surface area contributed by atoms with Crippen molar-refractivity contribution in [3.63, 3.8) is 0 Å². The molecule has 0 saturated carbocycles. The Labute approximate surface area is 131 Å². The van der Waals surface area contributed by atoms with Gasteiger partial charge < -0.3 is 9.80 Å². The zero-order valence-corrected chi connectivity index (χ0v) is 13.5. The highest BCUT2D eigenvalue weighted by Gasteiger charge is 2.22. The number of hydrogen-bond acceptors (Lipinski definition) is 2. The van der Waals surface area contributed by atoms with Crippen molar-refractivity contribution in [1.29, 1.82) is 0 Å². The number of nitrogens with zero attached hydrogens (tertiary/aromatic N) is 2. The Morgan fingerprint density at radius 2 is 2.10 bits per heavy atom. The highest BCUT2D eigenvalue weighted by atomic mass is 79.9. The number of hydrogen-bond donors (Lipinski definition) is 0. The van der Waals surface area contributed by atoms with Gasteiger partial charge in [-0.3, -0.25) is 4.79 Å². The summed E-state index contributed by atoms with van der Waals surface area (Å²) in [6, 6.07) is 4.54. The van der Waals surface area contributed by atoms with Crippen LogP contribution in [0.2, 0.25) is 0 Å². The molecule has 1 aromatic carbocycles. The molecule has 1 heterocycles. The summed E-state index contributed by atoms with van der Waals surface area (Å²) in [7, 11) is 0. The van der Waals surface area contributed by atoms with Crippen molar-refractivity contribution in [2.75, 3.05) is 38.6 Å². The third kappa shape index (κ3) is 3.93. The normalized spacial score (nSPS) is 17.1. The Morgan fingerprint density at radius 1 is 1.30 bits per heavy atom. The van der Waals surface area contributed by atoms with Gasteiger partial charge in [-0.15, -0.1) is 11.6 Å². The van der Waals surface area contributed by atoms with Crippen LogP contribution in [0.15, 0.2) is 22.7 Å². The maximum atomic E-state index is 13.8. The van der Waals surface area contributed by atoms with Crippen LogP contribution < -0.4 is 0 Å². The minimum absolute atomic E-state index is 0.138. The minimum atomic E-state index is -0.480. The second-order valence-electron chi connectivity index (χ2n) is 4.80. The van der Waals surface area contributed by atoms with E-state index in [1.54, 1.807) is 11.0 Å². The molecular formula is C14H17BrClFN2O. The fourth-order valence-electron chi connectivity index (χ4n) is 2.35. The van der Waals surface area contributed by atoms with Crippen LogP contribution in [0.25, 0.3) is 0 Å². The second-order valence-corrected chi connectivity index (χ2v) is 6.09. The number of carbonyl (C=O) groups excluding carboxylic acids is 1. The lowest BCUT2D eigenvalue weighted by Gasteiger charge is -2.21. The van der Waals surface area contributed by atoms with E-state index >= 15 is 0 Å². The van der Waals surface area contributed by atoms with Gasteiger partial charge >= 0.3 is 0 Å². The molecule has 3 nitrogen and oxygen atoms in total. The van der Waals surface area contributed by atoms with E-state index < -0.39 is 5.82 Å². The third-order valence-electron chi connectivity index (χ3n) is 3.44. The molecule has 1 fully saturated rings. The van der Waals surface area contributed by atoms with E-state index in [0.717, 1.165) is 26.1 Å². The van der Waals surface area contributed by atoms with Gasteiger partial charge in [-0.25, -0.2) is 4.39 Å². The molecule has 0 aliphatic carbocycles. The van der Waals surface area contributed by atoms with Crippen LogP contribution >= 0.6 is 27.5 Å². The van der Waals surface area contributed by atoms with Gasteiger partial charge in [0.05, 0.1) is 5.56 Å². The number of carbonyl (C=O) groups is 1. The highest BCUT2D eigenvalue weighted by Crippen LogP contribution is 2.17. The molecule has 6 heteroatoms. The molecule has 0 atom stereocenters. The standard InChI is InChI=1S/C14H17BrClFN2O/c15-11-2-3-12(13(17)10-11)14(20)19-6-1-5-18(7-4-16)8-9-19/h2-3,10H,1,4-9H2. The van der Waals surface area contributed by atoms with Crippen LogP contribution in [0, 0.1) is 5.82 Å². The first-order valence-electron chi connectivity index (χ1n) is 6.64. The van der Waals surface area contributed by atoms with Crippen molar-refractivity contribution in [1.82, 2.24) is 9.80 Å². The third-order valence-corrected chi connectivity index (χ3v) is 4.10. The number of benzene rings is 1. The summed E-state index contributed by atoms with van der Waals surface area (Å²) in [5.74, 6) is -0.121. The van der Waals surface area contributed by atoms with Crippen LogP contribution in [-0.2, 0) is 0 Å². The van der Waals surface area contributed by atoms with Gasteiger partial charge in [0.2, 0.25) is 0 Å². The predicted octanol–water partition coefficient (Wildman–Crippen LogP) is 2.97. The summed E-state index contributed by atoms with van der Waals surface area (Å²) in [5.41, 5.74) is 0.138. The van der Waals surface area contributed by atoms with Gasteiger partial charge in [0.15, 0.2) is 0 Å². The summed E-state index contributed by atoms with van der Waals surface area (Å²) >= 11 is 8.94. The van der Waals surface area contributed by atoms with Gasteiger partial charge in [-0.2, -0.15) is 0 Å². The lowest BCUT2D eigenvalue weighted by atomic mass is 10.2. The van der Waals surface area contributed by atoms with E-state index in [1.807, 2.05) is 0 Å². The molecule has 0 unspecified atom stereocenters. The van der Waals surface area contributed by atoms with Crippen molar-refractivity contribution >= 4 is 33.4 Å². The van der Waals surface area contributed by atoms with Crippen molar-refractivity contribution in [2.24, 2.45) is 0 Å². The molecule has 0 aromatic heterocycles. The molecule has 1 aromatic rings. The number of alkyl halides is 1. The summed E-state index contributed by atoms with van der Waals surface area (Å²) in [5, 5.41) is 0. The maximum Gasteiger partial charge on any atom is 0.256 e. The molecule has 2 rings (SSSR count). The highest BCUT2D eigenvalue weighted by molar-refractivity contribution is 9.10. The van der Waals surface area contributed by atoms with Crippen molar-refractivity contribution in [3.05, 3.63) is 34.1 Å². The van der Waals surface area contributed by atoms with Gasteiger partial charge in [-0.05, 0) is 31.2 Å². The van der Waals surface area contributed by atoms with Crippen LogP contribution in [0.3, 0.4) is 0 Å². The zero-order valence-electron chi connectivity index (χ0n) is 11.1. The van der Waals surface area contributed by atoms with Crippen LogP contribution in [0.5, 0.6) is 0 Å². The van der Waals surface area contributed by atoms with Crippen molar-refractivity contribution < 1.29 is 9.18 Å². The second kappa shape index (κ2) is 7.38. The average molecular weight is 364 g/mol. The Balaban J connectivity index is 2.05. The van der Waals surface area contributed by atoms with E-state index in [-0.39, 0.29) is 11.5 Å². The Bertz CT molecular complexity index is 486. The summed E-state index contributed by atoms with van der Waals surface area (Å²) < 4.78 is 14.5. The molecule has 1 saturated heterocycles. The molecule has 0 spiro atoms. The Morgan fingerprint density at radius 3 is 2.80 bits per heavy atom. The molecule has 1 aliphatic heterocycles. The van der Waals surface area contributed by atoms with Gasteiger partial charge in [0.25, 0.3) is 5.91 Å². The predicted molar refractivity (Wildman–Crippen MR) is 81.8 cm³/mol. The fourth-order valence-corrected chi connectivity index (χ4v) is 2.92. The first kappa shape index (κ1) is 15.7. The quantitative estimate of drug-likeness (QED) is 0.771. The van der Waals surface area contributed by atoms with Gasteiger partial charge in [0.1, 0.15) is 5.82 Å². The number of halogens is 3. The lowest BCUT2D eigenvalue weighted by molar-refractivity contribution is 0.0757. The lowest BCUT2D eigenvalue weighted by Crippen LogP contribution is -2.36. The van der Waals surface area contributed by atoms with E-state index in [9.17, 15) is 9.18 Å². The molecule has 0 radical (unpaired) electrons. The van der Waals surface area contributed by atoms with Crippen LogP contribution in [-0.4, -0.2) is 54.3 Å². The average Bonchev–Trinajstić information content (AvgIpc) is 2.64. The summed E-state index contributed by atoms with van der Waals surface area (Å²) in [6.07, 6.45) is 0.890. The number of amides is 1. The largest absolute Gasteiger partial charge is 0.337 e. The molecule has 0 N–H and O–H groups in total. The topological polar surface area (TPSA) is 23.6 Å². The first-order valence-corrected chi connectivity index (χ1v) is 7.97. The van der Waals surface area contributed by atoms with Crippen LogP contribution in [0.4, 0.5) is 4.39 Å². The maximum absolute atomic E-state index is 13.8. The van der Waals surface area contributed by atoms with E-state index in [2.05, 4.69) is 20.8 Å². The SMILES string of the molecule is O=C(c1ccc(Br)cc1F)N1CCCN(CCCl)CC1. The Hall–Kier alpha value is -0.650. The van der Waals surface area contributed by atoms with E-state index in [1.165, 1.54) is 12.1 Å². The molecule has 110 valence electrons. The van der Waals surface area contributed by atoms with E-state index in [0.29, 0.717) is 23.4 Å². The molecule has 1 aliphatic rings. The van der Waals surface area contributed by atoms with E-state index in [4.69, 9.17) is 11.6 Å². The fraction of sp³-hybridized carbons (Fsp3) is 0.500. The first-order chi connectivity index (χ1) is 9.61. The van der Waals surface area contributed by atoms with Crippen LogP contribution in [0.1, 0.15) is 16.8 Å². The van der Waals surface area contributed by atoms with Crippen molar-refractivity contribution in [2.45, 2.75) is 6.42 Å². The van der Waals surface area contributed by atoms with Gasteiger partial charge in [-0.1, -0.05) is 15.9 Å². The molecule has 0 bridgehead atoms. The number of rotatable bonds is 3. The van der Waals surface area contributed by atoms with Gasteiger partial charge in [0, 0.05) is 36.5 Å². The molecule has 20 heavy (non-hydrogen) atoms. The summed E-state index contributed by atoms with van der Waals surface area (Å²) in [6.45, 7) is 3.82. The smallest absolute Gasteiger partial charge is 0.256 e. The molecule has 1 amide bonds. The summed E-state index contributed by atoms with van der Waals surface area (Å²) in [4.78, 5) is 16.3. The zero-order chi connectivity index (χ0) is 14.5. The Kier molecular flexibility index (Phi) is 5.81. The monoisotopic (exact) mass is 362 g/mol. The van der Waals surface area contributed by atoms with Crippen molar-refractivity contribution in [3.8, 4) is 0 Å².